The van der Waals surface area contributed by atoms with Gasteiger partial charge in [0, 0.05) is 13.2 Å². The minimum atomic E-state index is -0.343. The average Bonchev–Trinajstić information content (AvgIpc) is 2.71. The van der Waals surface area contributed by atoms with Crippen molar-refractivity contribution in [2.75, 3.05) is 26.4 Å². The van der Waals surface area contributed by atoms with E-state index >= 15 is 0 Å². The molecule has 4 heteroatoms. The lowest BCUT2D eigenvalue weighted by Crippen LogP contribution is -2.42. The molecule has 1 saturated heterocycles. The first kappa shape index (κ1) is 20.6. The van der Waals surface area contributed by atoms with Gasteiger partial charge in [-0.25, -0.2) is 0 Å². The Hall–Kier alpha value is -0.160. The van der Waals surface area contributed by atoms with Gasteiger partial charge in [0.25, 0.3) is 0 Å². The molecule has 0 amide bonds. The largest absolute Gasteiger partial charge is 0.348 e. The van der Waals surface area contributed by atoms with E-state index in [1.807, 2.05) is 0 Å². The molecule has 1 aliphatic heterocycles. The van der Waals surface area contributed by atoms with E-state index in [1.54, 1.807) is 0 Å². The van der Waals surface area contributed by atoms with Crippen molar-refractivity contribution in [1.82, 2.24) is 0 Å². The standard InChI is InChI=1S/C22H40O4/c1-3-9-19(10-4-1)13-7-15-23-21-22(26-18-17-25-21)24-16-8-14-20-11-5-2-6-12-20/h19-22H,1-18H2/t21-,22+. The first-order valence-corrected chi connectivity index (χ1v) is 11.4. The Balaban J connectivity index is 1.25. The molecule has 26 heavy (non-hydrogen) atoms. The topological polar surface area (TPSA) is 36.9 Å². The van der Waals surface area contributed by atoms with Crippen LogP contribution in [0, 0.1) is 11.8 Å². The second-order valence-electron chi connectivity index (χ2n) is 8.51. The summed E-state index contributed by atoms with van der Waals surface area (Å²) < 4.78 is 23.4. The first-order valence-electron chi connectivity index (χ1n) is 11.4. The predicted molar refractivity (Wildman–Crippen MR) is 103 cm³/mol. The van der Waals surface area contributed by atoms with Gasteiger partial charge in [-0.3, -0.25) is 0 Å². The molecule has 0 aromatic heterocycles. The third-order valence-corrected chi connectivity index (χ3v) is 6.40. The van der Waals surface area contributed by atoms with Crippen LogP contribution in [-0.2, 0) is 18.9 Å². The van der Waals surface area contributed by atoms with Crippen LogP contribution in [0.25, 0.3) is 0 Å². The van der Waals surface area contributed by atoms with E-state index in [9.17, 15) is 0 Å². The zero-order valence-electron chi connectivity index (χ0n) is 16.7. The number of rotatable bonds is 10. The SMILES string of the molecule is C1CCC(CCCO[C@@H]2OCCO[C@@H]2OCCCC2CCCCC2)CC1. The van der Waals surface area contributed by atoms with E-state index in [2.05, 4.69) is 0 Å². The molecule has 3 fully saturated rings. The van der Waals surface area contributed by atoms with Gasteiger partial charge >= 0.3 is 0 Å². The second-order valence-corrected chi connectivity index (χ2v) is 8.51. The van der Waals surface area contributed by atoms with E-state index in [0.29, 0.717) is 13.2 Å². The maximum atomic E-state index is 5.96. The van der Waals surface area contributed by atoms with Crippen LogP contribution in [0.4, 0.5) is 0 Å². The van der Waals surface area contributed by atoms with Crippen LogP contribution in [0.5, 0.6) is 0 Å². The van der Waals surface area contributed by atoms with E-state index in [0.717, 1.165) is 37.9 Å². The monoisotopic (exact) mass is 368 g/mol. The Labute approximate surface area is 160 Å². The highest BCUT2D eigenvalue weighted by Crippen LogP contribution is 2.28. The van der Waals surface area contributed by atoms with Crippen molar-refractivity contribution < 1.29 is 18.9 Å². The zero-order valence-corrected chi connectivity index (χ0v) is 16.7. The fourth-order valence-corrected chi connectivity index (χ4v) is 4.83. The van der Waals surface area contributed by atoms with Crippen molar-refractivity contribution >= 4 is 0 Å². The molecule has 152 valence electrons. The summed E-state index contributed by atoms with van der Waals surface area (Å²) in [7, 11) is 0. The molecule has 2 saturated carbocycles. The van der Waals surface area contributed by atoms with Gasteiger partial charge in [0.15, 0.2) is 0 Å². The van der Waals surface area contributed by atoms with E-state index in [1.165, 1.54) is 77.0 Å². The minimum Gasteiger partial charge on any atom is -0.348 e. The highest BCUT2D eigenvalue weighted by molar-refractivity contribution is 4.67. The van der Waals surface area contributed by atoms with Crippen molar-refractivity contribution in [2.45, 2.75) is 102 Å². The van der Waals surface area contributed by atoms with Crippen LogP contribution >= 0.6 is 0 Å². The number of ether oxygens (including phenoxy) is 4. The zero-order chi connectivity index (χ0) is 17.9. The fraction of sp³-hybridized carbons (Fsp3) is 1.00. The van der Waals surface area contributed by atoms with Gasteiger partial charge in [0.1, 0.15) is 0 Å². The molecular weight excluding hydrogens is 328 g/mol. The maximum absolute atomic E-state index is 5.96. The van der Waals surface area contributed by atoms with Crippen molar-refractivity contribution in [3.8, 4) is 0 Å². The smallest absolute Gasteiger partial charge is 0.209 e. The summed E-state index contributed by atoms with van der Waals surface area (Å²) in [5.41, 5.74) is 0. The molecular formula is C22H40O4. The van der Waals surface area contributed by atoms with Crippen LogP contribution in [0.15, 0.2) is 0 Å². The summed E-state index contributed by atoms with van der Waals surface area (Å²) >= 11 is 0. The van der Waals surface area contributed by atoms with Crippen molar-refractivity contribution in [3.63, 3.8) is 0 Å². The van der Waals surface area contributed by atoms with Gasteiger partial charge in [0.2, 0.25) is 12.6 Å². The molecule has 2 aliphatic carbocycles. The van der Waals surface area contributed by atoms with Gasteiger partial charge < -0.3 is 18.9 Å². The summed E-state index contributed by atoms with van der Waals surface area (Å²) in [5, 5.41) is 0. The Bertz CT molecular complexity index is 316. The van der Waals surface area contributed by atoms with Gasteiger partial charge in [-0.15, -0.1) is 0 Å². The van der Waals surface area contributed by atoms with Crippen molar-refractivity contribution in [2.24, 2.45) is 11.8 Å². The molecule has 0 N–H and O–H groups in total. The van der Waals surface area contributed by atoms with Crippen LogP contribution in [0.2, 0.25) is 0 Å². The predicted octanol–water partition coefficient (Wildman–Crippen LogP) is 5.44. The third-order valence-electron chi connectivity index (χ3n) is 6.40. The van der Waals surface area contributed by atoms with E-state index < -0.39 is 0 Å². The number of hydrogen-bond acceptors (Lipinski definition) is 4. The quantitative estimate of drug-likeness (QED) is 0.481. The van der Waals surface area contributed by atoms with Crippen LogP contribution in [0.3, 0.4) is 0 Å². The molecule has 0 radical (unpaired) electrons. The molecule has 2 atom stereocenters. The summed E-state index contributed by atoms with van der Waals surface area (Å²) in [5.74, 6) is 1.84. The summed E-state index contributed by atoms with van der Waals surface area (Å²) in [6.45, 7) is 2.73. The van der Waals surface area contributed by atoms with Crippen LogP contribution in [-0.4, -0.2) is 39.0 Å². The number of hydrogen-bond donors (Lipinski definition) is 0. The molecule has 0 aromatic carbocycles. The lowest BCUT2D eigenvalue weighted by atomic mass is 9.86. The Morgan fingerprint density at radius 3 is 1.42 bits per heavy atom. The molecule has 3 aliphatic rings. The maximum Gasteiger partial charge on any atom is 0.209 e. The molecule has 1 heterocycles. The summed E-state index contributed by atoms with van der Waals surface area (Å²) in [4.78, 5) is 0. The lowest BCUT2D eigenvalue weighted by Gasteiger charge is -2.32. The summed E-state index contributed by atoms with van der Waals surface area (Å²) in [6.07, 6.45) is 18.3. The van der Waals surface area contributed by atoms with Gasteiger partial charge in [-0.05, 0) is 37.5 Å². The second kappa shape index (κ2) is 12.3. The average molecular weight is 369 g/mol. The molecule has 4 nitrogen and oxygen atoms in total. The van der Waals surface area contributed by atoms with Crippen LogP contribution < -0.4 is 0 Å². The molecule has 0 spiro atoms. The van der Waals surface area contributed by atoms with Crippen molar-refractivity contribution in [1.29, 1.82) is 0 Å². The Kier molecular flexibility index (Phi) is 9.75. The summed E-state index contributed by atoms with van der Waals surface area (Å²) in [6, 6.07) is 0. The van der Waals surface area contributed by atoms with E-state index in [4.69, 9.17) is 18.9 Å². The third kappa shape index (κ3) is 7.46. The van der Waals surface area contributed by atoms with Gasteiger partial charge in [-0.1, -0.05) is 64.2 Å². The molecule has 0 unspecified atom stereocenters. The minimum absolute atomic E-state index is 0.343. The van der Waals surface area contributed by atoms with Crippen LogP contribution in [0.1, 0.15) is 89.9 Å². The fourth-order valence-electron chi connectivity index (χ4n) is 4.83. The van der Waals surface area contributed by atoms with E-state index in [-0.39, 0.29) is 12.6 Å². The normalized spacial score (nSPS) is 29.1. The molecule has 0 bridgehead atoms. The van der Waals surface area contributed by atoms with Gasteiger partial charge in [-0.2, -0.15) is 0 Å². The van der Waals surface area contributed by atoms with Crippen molar-refractivity contribution in [3.05, 3.63) is 0 Å². The highest BCUT2D eigenvalue weighted by Gasteiger charge is 2.28. The Morgan fingerprint density at radius 2 is 1.00 bits per heavy atom. The lowest BCUT2D eigenvalue weighted by molar-refractivity contribution is -0.320. The molecule has 0 aromatic rings. The Morgan fingerprint density at radius 1 is 0.577 bits per heavy atom. The molecule has 3 rings (SSSR count). The first-order chi connectivity index (χ1) is 12.9. The highest BCUT2D eigenvalue weighted by atomic mass is 16.8. The van der Waals surface area contributed by atoms with Gasteiger partial charge in [0.05, 0.1) is 13.2 Å².